The van der Waals surface area contributed by atoms with E-state index in [1.165, 1.54) is 23.5 Å². The second kappa shape index (κ2) is 11.2. The van der Waals surface area contributed by atoms with Gasteiger partial charge in [0, 0.05) is 26.2 Å². The summed E-state index contributed by atoms with van der Waals surface area (Å²) in [7, 11) is 0. The lowest BCUT2D eigenvalue weighted by Gasteiger charge is -2.27. The average Bonchev–Trinajstić information content (AvgIpc) is 3.17. The molecule has 0 bridgehead atoms. The summed E-state index contributed by atoms with van der Waals surface area (Å²) in [6.45, 7) is 8.95. The number of morpholine rings is 1. The minimum Gasteiger partial charge on any atom is -0.379 e. The number of halogens is 2. The van der Waals surface area contributed by atoms with E-state index in [-0.39, 0.29) is 24.1 Å². The Bertz CT molecular complexity index is 1070. The van der Waals surface area contributed by atoms with Crippen LogP contribution in [-0.2, 0) is 16.0 Å². The number of thiazole rings is 1. The summed E-state index contributed by atoms with van der Waals surface area (Å²) in [6, 6.07) is 10.8. The molecule has 32 heavy (non-hydrogen) atoms. The van der Waals surface area contributed by atoms with Crippen molar-refractivity contribution in [1.29, 1.82) is 0 Å². The van der Waals surface area contributed by atoms with Gasteiger partial charge in [-0.05, 0) is 49.6 Å². The summed E-state index contributed by atoms with van der Waals surface area (Å²) in [5.41, 5.74) is 4.01. The van der Waals surface area contributed by atoms with E-state index in [9.17, 15) is 9.18 Å². The van der Waals surface area contributed by atoms with Crippen molar-refractivity contribution in [3.63, 3.8) is 0 Å². The Balaban J connectivity index is 0.00000289. The van der Waals surface area contributed by atoms with Crippen molar-refractivity contribution in [3.8, 4) is 0 Å². The number of anilines is 1. The molecule has 4 rings (SSSR count). The maximum absolute atomic E-state index is 13.7. The highest BCUT2D eigenvalue weighted by Crippen LogP contribution is 2.30. The number of hydrogen-bond donors (Lipinski definition) is 0. The van der Waals surface area contributed by atoms with Gasteiger partial charge in [-0.2, -0.15) is 0 Å². The molecule has 0 saturated carbocycles. The number of hydrogen-bond acceptors (Lipinski definition) is 5. The third-order valence-electron chi connectivity index (χ3n) is 5.68. The molecule has 2 heterocycles. The summed E-state index contributed by atoms with van der Waals surface area (Å²) in [5.74, 6) is -0.265. The van der Waals surface area contributed by atoms with Crippen molar-refractivity contribution in [2.75, 3.05) is 44.3 Å². The first-order chi connectivity index (χ1) is 15.0. The van der Waals surface area contributed by atoms with E-state index in [1.807, 2.05) is 13.8 Å². The summed E-state index contributed by atoms with van der Waals surface area (Å²) < 4.78 is 19.8. The van der Waals surface area contributed by atoms with Gasteiger partial charge in [-0.25, -0.2) is 9.37 Å². The topological polar surface area (TPSA) is 45.7 Å². The maximum Gasteiger partial charge on any atom is 0.233 e. The van der Waals surface area contributed by atoms with Gasteiger partial charge in [0.05, 0.1) is 29.9 Å². The van der Waals surface area contributed by atoms with E-state index in [0.717, 1.165) is 66.2 Å². The van der Waals surface area contributed by atoms with Crippen molar-refractivity contribution >= 4 is 45.0 Å². The summed E-state index contributed by atoms with van der Waals surface area (Å²) >= 11 is 1.37. The van der Waals surface area contributed by atoms with E-state index < -0.39 is 0 Å². The Morgan fingerprint density at radius 2 is 1.97 bits per heavy atom. The van der Waals surface area contributed by atoms with Crippen LogP contribution in [0.25, 0.3) is 10.2 Å². The normalized spacial score (nSPS) is 14.3. The quantitative estimate of drug-likeness (QED) is 0.491. The number of nitrogens with zero attached hydrogens (tertiary/aromatic N) is 3. The Morgan fingerprint density at radius 3 is 2.75 bits per heavy atom. The van der Waals surface area contributed by atoms with Gasteiger partial charge in [0.2, 0.25) is 5.91 Å². The Kier molecular flexibility index (Phi) is 8.59. The fourth-order valence-corrected chi connectivity index (χ4v) is 4.89. The summed E-state index contributed by atoms with van der Waals surface area (Å²) in [6.07, 6.45) is 1.18. The second-order valence-electron chi connectivity index (χ2n) is 8.07. The molecule has 0 spiro atoms. The summed E-state index contributed by atoms with van der Waals surface area (Å²) in [4.78, 5) is 22.2. The average molecular weight is 478 g/mol. The van der Waals surface area contributed by atoms with Gasteiger partial charge in [0.25, 0.3) is 0 Å². The minimum absolute atomic E-state index is 0. The van der Waals surface area contributed by atoms with Crippen LogP contribution in [-0.4, -0.2) is 55.2 Å². The molecule has 0 N–H and O–H groups in total. The Hall–Kier alpha value is -2.06. The molecule has 0 aliphatic carbocycles. The van der Waals surface area contributed by atoms with Gasteiger partial charge < -0.3 is 4.74 Å². The monoisotopic (exact) mass is 477 g/mol. The van der Waals surface area contributed by atoms with Crippen molar-refractivity contribution < 1.29 is 13.9 Å². The van der Waals surface area contributed by atoms with Crippen LogP contribution in [0.2, 0.25) is 0 Å². The van der Waals surface area contributed by atoms with E-state index in [2.05, 4.69) is 28.1 Å². The first-order valence-corrected chi connectivity index (χ1v) is 11.5. The van der Waals surface area contributed by atoms with Crippen LogP contribution in [0.1, 0.15) is 23.1 Å². The molecule has 172 valence electrons. The highest BCUT2D eigenvalue weighted by molar-refractivity contribution is 7.22. The molecule has 5 nitrogen and oxygen atoms in total. The zero-order valence-electron chi connectivity index (χ0n) is 18.5. The molecule has 3 aromatic rings. The largest absolute Gasteiger partial charge is 0.379 e. The van der Waals surface area contributed by atoms with Crippen LogP contribution < -0.4 is 4.90 Å². The number of aromatic nitrogens is 1. The van der Waals surface area contributed by atoms with Gasteiger partial charge in [0.1, 0.15) is 5.82 Å². The third kappa shape index (κ3) is 6.04. The highest BCUT2D eigenvalue weighted by Gasteiger charge is 2.21. The van der Waals surface area contributed by atoms with Crippen LogP contribution in [0.15, 0.2) is 36.4 Å². The van der Waals surface area contributed by atoms with Gasteiger partial charge >= 0.3 is 0 Å². The van der Waals surface area contributed by atoms with E-state index in [1.54, 1.807) is 11.0 Å². The number of fused-ring (bicyclic) bond motifs is 1. The molecule has 0 unspecified atom stereocenters. The zero-order chi connectivity index (χ0) is 21.8. The lowest BCUT2D eigenvalue weighted by Crippen LogP contribution is -2.39. The van der Waals surface area contributed by atoms with E-state index in [0.29, 0.717) is 18.1 Å². The molecule has 1 amide bonds. The van der Waals surface area contributed by atoms with Gasteiger partial charge in [-0.15, -0.1) is 12.4 Å². The smallest absolute Gasteiger partial charge is 0.233 e. The highest BCUT2D eigenvalue weighted by atomic mass is 35.5. The fourth-order valence-electron chi connectivity index (χ4n) is 3.86. The van der Waals surface area contributed by atoms with Gasteiger partial charge in [-0.1, -0.05) is 35.1 Å². The lowest BCUT2D eigenvalue weighted by molar-refractivity contribution is -0.118. The first kappa shape index (κ1) is 24.6. The Morgan fingerprint density at radius 1 is 1.19 bits per heavy atom. The van der Waals surface area contributed by atoms with Crippen molar-refractivity contribution in [3.05, 3.63) is 58.9 Å². The summed E-state index contributed by atoms with van der Waals surface area (Å²) in [5, 5.41) is 0.637. The molecule has 0 atom stereocenters. The molecular weight excluding hydrogens is 449 g/mol. The maximum atomic E-state index is 13.7. The number of aryl methyl sites for hydroxylation is 2. The molecule has 0 radical (unpaired) electrons. The molecule has 1 aromatic heterocycles. The first-order valence-electron chi connectivity index (χ1n) is 10.7. The molecule has 1 fully saturated rings. The number of carbonyl (C=O) groups is 1. The number of carbonyl (C=O) groups excluding carboxylic acids is 1. The van der Waals surface area contributed by atoms with Crippen LogP contribution >= 0.6 is 23.7 Å². The van der Waals surface area contributed by atoms with Crippen molar-refractivity contribution in [2.24, 2.45) is 0 Å². The molecule has 1 aliphatic rings. The molecule has 1 saturated heterocycles. The fraction of sp³-hybridized carbons (Fsp3) is 0.417. The van der Waals surface area contributed by atoms with Crippen molar-refractivity contribution in [1.82, 2.24) is 9.88 Å². The van der Waals surface area contributed by atoms with Crippen LogP contribution in [0, 0.1) is 19.7 Å². The SMILES string of the molecule is Cc1ccc(C)c(CC(=O)N(CCCN2CCOCC2)c2nc3ccc(F)cc3s2)c1.Cl. The number of ether oxygens (including phenoxy) is 1. The number of amides is 1. The van der Waals surface area contributed by atoms with Gasteiger partial charge in [0.15, 0.2) is 5.13 Å². The third-order valence-corrected chi connectivity index (χ3v) is 6.72. The van der Waals surface area contributed by atoms with Crippen LogP contribution in [0.5, 0.6) is 0 Å². The van der Waals surface area contributed by atoms with E-state index >= 15 is 0 Å². The molecular formula is C24H29ClFN3O2S. The van der Waals surface area contributed by atoms with Gasteiger partial charge in [-0.3, -0.25) is 14.6 Å². The van der Waals surface area contributed by atoms with Crippen molar-refractivity contribution in [2.45, 2.75) is 26.7 Å². The number of benzene rings is 2. The number of rotatable bonds is 7. The predicted octanol–water partition coefficient (Wildman–Crippen LogP) is 4.77. The minimum atomic E-state index is -0.289. The Labute approximate surface area is 198 Å². The standard InChI is InChI=1S/C24H28FN3O2S.ClH/c1-17-4-5-18(2)19(14-17)15-23(29)28(9-3-8-27-10-12-30-13-11-27)24-26-21-7-6-20(25)16-22(21)31-24;/h4-7,14,16H,3,8-13,15H2,1-2H3;1H. The second-order valence-corrected chi connectivity index (χ2v) is 9.08. The van der Waals surface area contributed by atoms with E-state index in [4.69, 9.17) is 4.74 Å². The molecule has 8 heteroatoms. The van der Waals surface area contributed by atoms with Crippen LogP contribution in [0.4, 0.5) is 9.52 Å². The lowest BCUT2D eigenvalue weighted by atomic mass is 10.0. The zero-order valence-corrected chi connectivity index (χ0v) is 20.1. The molecule has 2 aromatic carbocycles. The van der Waals surface area contributed by atoms with Crippen LogP contribution in [0.3, 0.4) is 0 Å². The predicted molar refractivity (Wildman–Crippen MR) is 131 cm³/mol. The molecule has 1 aliphatic heterocycles.